The average molecular weight is 524 g/mol. The molecule has 0 saturated carbocycles. The predicted molar refractivity (Wildman–Crippen MR) is 137 cm³/mol. The van der Waals surface area contributed by atoms with Gasteiger partial charge in [-0.25, -0.2) is 0 Å². The number of hydrogen-bond donors (Lipinski definition) is 0. The smallest absolute Gasteiger partial charge is 0.412 e. The zero-order valence-corrected chi connectivity index (χ0v) is 21.0. The van der Waals surface area contributed by atoms with Crippen molar-refractivity contribution >= 4 is 23.1 Å². The van der Waals surface area contributed by atoms with Crippen molar-refractivity contribution in [3.63, 3.8) is 0 Å². The van der Waals surface area contributed by atoms with Gasteiger partial charge in [0.15, 0.2) is 0 Å². The van der Waals surface area contributed by atoms with E-state index in [1.807, 2.05) is 28.8 Å². The number of ether oxygens (including phenoxy) is 1. The highest BCUT2D eigenvalue weighted by Gasteiger charge is 2.34. The zero-order valence-electron chi connectivity index (χ0n) is 21.0. The Bertz CT molecular complexity index is 1410. The van der Waals surface area contributed by atoms with Crippen molar-refractivity contribution in [3.8, 4) is 5.75 Å². The summed E-state index contributed by atoms with van der Waals surface area (Å²) in [5, 5.41) is 5.64. The Morgan fingerprint density at radius 1 is 1.08 bits per heavy atom. The Kier molecular flexibility index (Phi) is 7.10. The average Bonchev–Trinajstić information content (AvgIpc) is 3.33. The number of aldehydes is 1. The Labute approximate surface area is 218 Å². The van der Waals surface area contributed by atoms with Gasteiger partial charge in [-0.05, 0) is 80.1 Å². The zero-order chi connectivity index (χ0) is 26.9. The van der Waals surface area contributed by atoms with Crippen LogP contribution < -0.4 is 4.74 Å². The van der Waals surface area contributed by atoms with Crippen molar-refractivity contribution in [2.75, 3.05) is 13.1 Å². The summed E-state index contributed by atoms with van der Waals surface area (Å²) >= 11 is 0. The van der Waals surface area contributed by atoms with Gasteiger partial charge in [0.2, 0.25) is 0 Å². The van der Waals surface area contributed by atoms with E-state index >= 15 is 0 Å². The number of carbonyl (C=O) groups is 2. The minimum atomic E-state index is -4.31. The molecule has 1 amide bonds. The number of amides is 1. The van der Waals surface area contributed by atoms with Crippen LogP contribution in [0.2, 0.25) is 0 Å². The van der Waals surface area contributed by atoms with Crippen LogP contribution in [0.1, 0.15) is 52.0 Å². The maximum absolute atomic E-state index is 13.0. The first-order chi connectivity index (χ1) is 18.2. The van der Waals surface area contributed by atoms with Gasteiger partial charge in [-0.1, -0.05) is 6.08 Å². The molecule has 2 aliphatic rings. The Balaban J connectivity index is 1.14. The van der Waals surface area contributed by atoms with Gasteiger partial charge in [-0.15, -0.1) is 0 Å². The van der Waals surface area contributed by atoms with Crippen LogP contribution in [0, 0.1) is 12.8 Å². The van der Waals surface area contributed by atoms with Crippen molar-refractivity contribution < 1.29 is 27.5 Å². The molecule has 38 heavy (non-hydrogen) atoms. The van der Waals surface area contributed by atoms with Crippen LogP contribution >= 0.6 is 0 Å². The molecule has 0 unspecified atom stereocenters. The Morgan fingerprint density at radius 3 is 2.45 bits per heavy atom. The number of benzene rings is 2. The lowest BCUT2D eigenvalue weighted by atomic mass is 9.96. The third kappa shape index (κ3) is 5.51. The van der Waals surface area contributed by atoms with Crippen LogP contribution in [0.4, 0.5) is 13.2 Å². The molecule has 3 aromatic rings. The first kappa shape index (κ1) is 25.8. The fraction of sp³-hybridized carbons (Fsp3) is 0.345. The van der Waals surface area contributed by atoms with Crippen molar-refractivity contribution in [1.29, 1.82) is 0 Å². The predicted octanol–water partition coefficient (Wildman–Crippen LogP) is 6.25. The number of likely N-dealkylation sites (tertiary alicyclic amines) is 1. The second-order valence-electron chi connectivity index (χ2n) is 9.87. The van der Waals surface area contributed by atoms with E-state index in [1.165, 1.54) is 6.08 Å². The van der Waals surface area contributed by atoms with Gasteiger partial charge in [0, 0.05) is 54.3 Å². The van der Waals surface area contributed by atoms with E-state index < -0.39 is 11.7 Å². The number of hydrogen-bond acceptors (Lipinski definition) is 4. The molecule has 6 nitrogen and oxygen atoms in total. The number of nitrogens with zero attached hydrogens (tertiary/aromatic N) is 3. The number of aryl methyl sites for hydroxylation is 1. The number of aromatic nitrogens is 2. The third-order valence-corrected chi connectivity index (χ3v) is 7.35. The van der Waals surface area contributed by atoms with E-state index in [-0.39, 0.29) is 18.7 Å². The largest absolute Gasteiger partial charge is 0.462 e. The van der Waals surface area contributed by atoms with Crippen LogP contribution in [0.5, 0.6) is 5.75 Å². The number of fused-ring (bicyclic) bond motifs is 1. The van der Waals surface area contributed by atoms with Crippen LogP contribution in [-0.4, -0.2) is 46.1 Å². The van der Waals surface area contributed by atoms with E-state index in [1.54, 1.807) is 30.3 Å². The molecule has 9 heteroatoms. The summed E-state index contributed by atoms with van der Waals surface area (Å²) in [6.45, 7) is 3.99. The molecule has 0 atom stereocenters. The summed E-state index contributed by atoms with van der Waals surface area (Å²) in [5.41, 5.74) is 2.47. The normalized spacial score (nSPS) is 16.8. The maximum Gasteiger partial charge on any atom is 0.412 e. The first-order valence-corrected chi connectivity index (χ1v) is 12.7. The minimum absolute atomic E-state index is 0.0496. The SMILES string of the molecule is Cc1c(C=O)ccc2nn(CC3CCN(C(=O)c4ccc(OC5=CC=C(C(F)(F)F)CC5)cc4)CC3)cc12. The van der Waals surface area contributed by atoms with Crippen molar-refractivity contribution in [3.05, 3.63) is 82.8 Å². The second kappa shape index (κ2) is 10.5. The maximum atomic E-state index is 13.0. The monoisotopic (exact) mass is 523 g/mol. The number of alkyl halides is 3. The third-order valence-electron chi connectivity index (χ3n) is 7.35. The summed E-state index contributed by atoms with van der Waals surface area (Å²) < 4.78 is 46.0. The highest BCUT2D eigenvalue weighted by Crippen LogP contribution is 2.33. The number of piperidine rings is 1. The molecule has 0 bridgehead atoms. The fourth-order valence-electron chi connectivity index (χ4n) is 5.04. The Hall–Kier alpha value is -3.88. The van der Waals surface area contributed by atoms with E-state index in [4.69, 9.17) is 4.74 Å². The van der Waals surface area contributed by atoms with Crippen LogP contribution in [0.15, 0.2) is 66.1 Å². The number of carbonyl (C=O) groups excluding carboxylic acids is 2. The van der Waals surface area contributed by atoms with E-state index in [0.717, 1.165) is 48.2 Å². The molecule has 0 radical (unpaired) electrons. The van der Waals surface area contributed by atoms with E-state index in [0.29, 0.717) is 41.6 Å². The van der Waals surface area contributed by atoms with Gasteiger partial charge >= 0.3 is 6.18 Å². The molecule has 0 N–H and O–H groups in total. The molecule has 0 spiro atoms. The van der Waals surface area contributed by atoms with Crippen LogP contribution in [0.25, 0.3) is 10.9 Å². The fourth-order valence-corrected chi connectivity index (χ4v) is 5.04. The standard InChI is InChI=1S/C29H28F3N3O3/c1-19-22(18-36)4-11-27-26(19)17-35(33-27)16-20-12-14-34(15-13-20)28(37)21-2-7-24(8-3-21)38-25-9-5-23(6-10-25)29(30,31)32/h2-5,7-9,11,17-18,20H,6,10,12-16H2,1H3. The summed E-state index contributed by atoms with van der Waals surface area (Å²) in [4.78, 5) is 26.1. The number of halogens is 3. The lowest BCUT2D eigenvalue weighted by Gasteiger charge is -2.32. The molecule has 1 aliphatic heterocycles. The van der Waals surface area contributed by atoms with Gasteiger partial charge in [0.1, 0.15) is 17.8 Å². The topological polar surface area (TPSA) is 64.4 Å². The lowest BCUT2D eigenvalue weighted by molar-refractivity contribution is -0.0942. The van der Waals surface area contributed by atoms with Crippen LogP contribution in [0.3, 0.4) is 0 Å². The quantitative estimate of drug-likeness (QED) is 0.358. The lowest BCUT2D eigenvalue weighted by Crippen LogP contribution is -2.39. The van der Waals surface area contributed by atoms with E-state index in [9.17, 15) is 22.8 Å². The molecule has 198 valence electrons. The summed E-state index contributed by atoms with van der Waals surface area (Å²) in [6.07, 6.45) is 2.74. The van der Waals surface area contributed by atoms with Gasteiger partial charge in [0.25, 0.3) is 5.91 Å². The van der Waals surface area contributed by atoms with Gasteiger partial charge < -0.3 is 9.64 Å². The van der Waals surface area contributed by atoms with Crippen molar-refractivity contribution in [2.24, 2.45) is 5.92 Å². The van der Waals surface area contributed by atoms with Crippen molar-refractivity contribution in [2.45, 2.75) is 45.3 Å². The highest BCUT2D eigenvalue weighted by atomic mass is 19.4. The second-order valence-corrected chi connectivity index (χ2v) is 9.87. The molecular formula is C29H28F3N3O3. The van der Waals surface area contributed by atoms with Crippen molar-refractivity contribution in [1.82, 2.24) is 14.7 Å². The molecule has 1 saturated heterocycles. The van der Waals surface area contributed by atoms with Gasteiger partial charge in [0.05, 0.1) is 5.52 Å². The highest BCUT2D eigenvalue weighted by molar-refractivity contribution is 5.94. The van der Waals surface area contributed by atoms with E-state index in [2.05, 4.69) is 5.10 Å². The molecule has 1 aromatic heterocycles. The van der Waals surface area contributed by atoms with Gasteiger partial charge in [-0.2, -0.15) is 18.3 Å². The summed E-state index contributed by atoms with van der Waals surface area (Å²) in [5.74, 6) is 1.29. The minimum Gasteiger partial charge on any atom is -0.462 e. The van der Waals surface area contributed by atoms with Gasteiger partial charge in [-0.3, -0.25) is 14.3 Å². The number of rotatable bonds is 6. The summed E-state index contributed by atoms with van der Waals surface area (Å²) in [7, 11) is 0. The Morgan fingerprint density at radius 2 is 1.82 bits per heavy atom. The molecule has 5 rings (SSSR count). The first-order valence-electron chi connectivity index (χ1n) is 12.7. The molecule has 2 aromatic carbocycles. The summed E-state index contributed by atoms with van der Waals surface area (Å²) in [6, 6.07) is 10.4. The molecule has 1 aliphatic carbocycles. The number of allylic oxidation sites excluding steroid dienone is 4. The molecular weight excluding hydrogens is 495 g/mol. The van der Waals surface area contributed by atoms with Crippen LogP contribution in [-0.2, 0) is 6.54 Å². The molecule has 1 fully saturated rings. The molecule has 2 heterocycles.